The summed E-state index contributed by atoms with van der Waals surface area (Å²) in [7, 11) is 1.64. The average Bonchev–Trinajstić information content (AvgIpc) is 3.08. The van der Waals surface area contributed by atoms with Gasteiger partial charge in [0.05, 0.1) is 28.3 Å². The monoisotopic (exact) mass is 414 g/mol. The molecule has 0 aliphatic rings. The fourth-order valence-corrected chi connectivity index (χ4v) is 3.39. The van der Waals surface area contributed by atoms with Crippen molar-refractivity contribution in [2.75, 3.05) is 5.32 Å². The predicted octanol–water partition coefficient (Wildman–Crippen LogP) is 2.61. The number of halogens is 2. The predicted molar refractivity (Wildman–Crippen MR) is 105 cm³/mol. The second kappa shape index (κ2) is 7.14. The van der Waals surface area contributed by atoms with Crippen molar-refractivity contribution in [2.45, 2.75) is 13.0 Å². The molecule has 0 aliphatic heterocycles. The number of carbonyl (C=O) groups excluding carboxylic acids is 1. The number of phenolic OH excluding ortho intramolecular Hbond substituents is 2. The van der Waals surface area contributed by atoms with Gasteiger partial charge in [-0.2, -0.15) is 5.10 Å². The Morgan fingerprint density at radius 3 is 2.60 bits per heavy atom. The van der Waals surface area contributed by atoms with E-state index in [0.717, 1.165) is 12.1 Å². The van der Waals surface area contributed by atoms with E-state index in [1.807, 2.05) is 0 Å². The summed E-state index contributed by atoms with van der Waals surface area (Å²) in [6.07, 6.45) is 1.19. The van der Waals surface area contributed by atoms with Crippen LogP contribution in [0.15, 0.2) is 41.3 Å². The van der Waals surface area contributed by atoms with Gasteiger partial charge in [-0.25, -0.2) is 8.78 Å². The number of hydrogen-bond acceptors (Lipinski definition) is 5. The van der Waals surface area contributed by atoms with Gasteiger partial charge in [-0.15, -0.1) is 0 Å². The van der Waals surface area contributed by atoms with Crippen molar-refractivity contribution < 1.29 is 23.8 Å². The minimum absolute atomic E-state index is 0.0843. The molecular formula is C20H16F2N4O4. The lowest BCUT2D eigenvalue weighted by molar-refractivity contribution is -0.116. The third-order valence-corrected chi connectivity index (χ3v) is 4.82. The van der Waals surface area contributed by atoms with E-state index in [1.165, 1.54) is 27.6 Å². The minimum Gasteiger partial charge on any atom is -0.504 e. The number of aryl methyl sites for hydroxylation is 2. The number of pyridine rings is 1. The molecule has 8 nitrogen and oxygen atoms in total. The Kier molecular flexibility index (Phi) is 4.61. The molecule has 0 spiro atoms. The summed E-state index contributed by atoms with van der Waals surface area (Å²) >= 11 is 0. The van der Waals surface area contributed by atoms with Crippen molar-refractivity contribution in [2.24, 2.45) is 7.05 Å². The van der Waals surface area contributed by atoms with E-state index in [-0.39, 0.29) is 29.8 Å². The average molecular weight is 414 g/mol. The summed E-state index contributed by atoms with van der Waals surface area (Å²) in [6.45, 7) is -0.0843. The van der Waals surface area contributed by atoms with Crippen LogP contribution in [-0.2, 0) is 18.4 Å². The number of carbonyl (C=O) groups is 1. The summed E-state index contributed by atoms with van der Waals surface area (Å²) in [5, 5.41) is 27.0. The SMILES string of the molecule is Cn1ncc2c(=O)n(CCC(=O)Nc3ccc(F)cc3F)c3cc(O)c(O)cc3c21. The number of hydrogen-bond donors (Lipinski definition) is 3. The van der Waals surface area contributed by atoms with Crippen molar-refractivity contribution >= 4 is 33.4 Å². The number of fused-ring (bicyclic) bond motifs is 3. The van der Waals surface area contributed by atoms with Crippen LogP contribution in [0.5, 0.6) is 11.5 Å². The molecule has 154 valence electrons. The van der Waals surface area contributed by atoms with E-state index in [4.69, 9.17) is 0 Å². The molecule has 0 saturated carbocycles. The molecule has 4 aromatic rings. The van der Waals surface area contributed by atoms with Gasteiger partial charge in [0.2, 0.25) is 5.91 Å². The summed E-state index contributed by atoms with van der Waals surface area (Å²) in [5.41, 5.74) is 0.159. The van der Waals surface area contributed by atoms with Crippen molar-refractivity contribution in [3.8, 4) is 11.5 Å². The maximum atomic E-state index is 13.7. The van der Waals surface area contributed by atoms with Gasteiger partial charge < -0.3 is 20.1 Å². The highest BCUT2D eigenvalue weighted by molar-refractivity contribution is 6.04. The Morgan fingerprint density at radius 2 is 1.87 bits per heavy atom. The van der Waals surface area contributed by atoms with E-state index in [1.54, 1.807) is 7.05 Å². The minimum atomic E-state index is -0.914. The first-order valence-electron chi connectivity index (χ1n) is 8.91. The molecule has 10 heteroatoms. The zero-order valence-electron chi connectivity index (χ0n) is 15.7. The van der Waals surface area contributed by atoms with Gasteiger partial charge in [-0.1, -0.05) is 0 Å². The van der Waals surface area contributed by atoms with Crippen LogP contribution in [-0.4, -0.2) is 30.5 Å². The van der Waals surface area contributed by atoms with Crippen molar-refractivity contribution in [3.05, 3.63) is 58.5 Å². The van der Waals surface area contributed by atoms with Crippen molar-refractivity contribution in [1.82, 2.24) is 14.3 Å². The van der Waals surface area contributed by atoms with Gasteiger partial charge in [-0.3, -0.25) is 14.3 Å². The van der Waals surface area contributed by atoms with Crippen LogP contribution in [0, 0.1) is 11.6 Å². The smallest absolute Gasteiger partial charge is 0.262 e. The maximum absolute atomic E-state index is 13.7. The van der Waals surface area contributed by atoms with Crippen molar-refractivity contribution in [1.29, 1.82) is 0 Å². The van der Waals surface area contributed by atoms with Crippen LogP contribution >= 0.6 is 0 Å². The number of amides is 1. The first kappa shape index (κ1) is 19.4. The number of aromatic hydroxyl groups is 2. The molecule has 0 saturated heterocycles. The first-order valence-corrected chi connectivity index (χ1v) is 8.91. The van der Waals surface area contributed by atoms with E-state index in [9.17, 15) is 28.6 Å². The van der Waals surface area contributed by atoms with E-state index < -0.39 is 28.9 Å². The highest BCUT2D eigenvalue weighted by atomic mass is 19.1. The van der Waals surface area contributed by atoms with E-state index in [2.05, 4.69) is 10.4 Å². The van der Waals surface area contributed by atoms with Crippen LogP contribution in [0.2, 0.25) is 0 Å². The molecule has 2 aromatic carbocycles. The summed E-state index contributed by atoms with van der Waals surface area (Å²) < 4.78 is 29.5. The zero-order chi connectivity index (χ0) is 21.6. The normalized spacial score (nSPS) is 11.3. The number of phenols is 2. The number of nitrogens with one attached hydrogen (secondary N) is 1. The van der Waals surface area contributed by atoms with Gasteiger partial charge in [0.25, 0.3) is 5.56 Å². The second-order valence-electron chi connectivity index (χ2n) is 6.77. The number of benzene rings is 2. The van der Waals surface area contributed by atoms with Crippen LogP contribution in [0.1, 0.15) is 6.42 Å². The van der Waals surface area contributed by atoms with Gasteiger partial charge >= 0.3 is 0 Å². The largest absolute Gasteiger partial charge is 0.504 e. The van der Waals surface area contributed by atoms with Gasteiger partial charge in [0.1, 0.15) is 11.6 Å². The number of anilines is 1. The molecule has 0 atom stereocenters. The van der Waals surface area contributed by atoms with Crippen LogP contribution in [0.3, 0.4) is 0 Å². The van der Waals surface area contributed by atoms with Gasteiger partial charge in [-0.05, 0) is 18.2 Å². The van der Waals surface area contributed by atoms with Crippen molar-refractivity contribution in [3.63, 3.8) is 0 Å². The third-order valence-electron chi connectivity index (χ3n) is 4.82. The summed E-state index contributed by atoms with van der Waals surface area (Å²) in [5.74, 6) is -3.05. The Labute approximate surface area is 167 Å². The number of nitrogens with zero attached hydrogens (tertiary/aromatic N) is 3. The molecule has 0 bridgehead atoms. The Balaban J connectivity index is 1.71. The van der Waals surface area contributed by atoms with Crippen LogP contribution < -0.4 is 10.9 Å². The molecule has 4 rings (SSSR count). The second-order valence-corrected chi connectivity index (χ2v) is 6.77. The molecule has 3 N–H and O–H groups in total. The number of aromatic nitrogens is 3. The highest BCUT2D eigenvalue weighted by Gasteiger charge is 2.17. The van der Waals surface area contributed by atoms with E-state index >= 15 is 0 Å². The summed E-state index contributed by atoms with van der Waals surface area (Å²) in [6, 6.07) is 5.32. The Hall–Kier alpha value is -3.95. The van der Waals surface area contributed by atoms with Gasteiger partial charge in [0, 0.05) is 37.5 Å². The van der Waals surface area contributed by atoms with Crippen LogP contribution in [0.4, 0.5) is 14.5 Å². The Morgan fingerprint density at radius 1 is 1.13 bits per heavy atom. The lowest BCUT2D eigenvalue weighted by Crippen LogP contribution is -2.24. The molecule has 2 aromatic heterocycles. The first-order chi connectivity index (χ1) is 14.3. The Bertz CT molecular complexity index is 1380. The van der Waals surface area contributed by atoms with Crippen LogP contribution in [0.25, 0.3) is 21.8 Å². The topological polar surface area (TPSA) is 109 Å². The fraction of sp³-hybridized carbons (Fsp3) is 0.150. The fourth-order valence-electron chi connectivity index (χ4n) is 3.39. The lowest BCUT2D eigenvalue weighted by Gasteiger charge is -2.13. The summed E-state index contributed by atoms with van der Waals surface area (Å²) in [4.78, 5) is 25.2. The molecule has 2 heterocycles. The molecule has 30 heavy (non-hydrogen) atoms. The maximum Gasteiger partial charge on any atom is 0.262 e. The molecule has 0 fully saturated rings. The molecule has 1 amide bonds. The molecule has 0 aliphatic carbocycles. The highest BCUT2D eigenvalue weighted by Crippen LogP contribution is 2.33. The molecular weight excluding hydrogens is 398 g/mol. The lowest BCUT2D eigenvalue weighted by atomic mass is 10.1. The zero-order valence-corrected chi connectivity index (χ0v) is 15.7. The standard InChI is InChI=1S/C20H16F2N4O4/c1-25-19-11-7-16(27)17(28)8-15(11)26(20(30)12(19)9-23-25)5-4-18(29)24-14-3-2-10(21)6-13(14)22/h2-3,6-9,27-28H,4-5H2,1H3,(H,24,29). The molecule has 0 unspecified atom stereocenters. The number of rotatable bonds is 4. The molecule has 0 radical (unpaired) electrons. The van der Waals surface area contributed by atoms with E-state index in [0.29, 0.717) is 22.5 Å². The van der Waals surface area contributed by atoms with Gasteiger partial charge in [0.15, 0.2) is 11.5 Å². The quantitative estimate of drug-likeness (QED) is 0.445. The third kappa shape index (κ3) is 3.21.